The molecule has 6 heteroatoms. The first kappa shape index (κ1) is 23.1. The summed E-state index contributed by atoms with van der Waals surface area (Å²) < 4.78 is 10.6. The van der Waals surface area contributed by atoms with Gasteiger partial charge < -0.3 is 19.7 Å². The zero-order valence-electron chi connectivity index (χ0n) is 16.6. The number of hydrogen-bond donors (Lipinski definition) is 1. The summed E-state index contributed by atoms with van der Waals surface area (Å²) in [5.74, 6) is 2.44. The molecule has 0 saturated heterocycles. The van der Waals surface area contributed by atoms with Gasteiger partial charge in [0, 0.05) is 20.6 Å². The zero-order chi connectivity index (χ0) is 18.8. The molecular formula is C21H30IN3O2. The van der Waals surface area contributed by atoms with E-state index in [4.69, 9.17) is 9.47 Å². The summed E-state index contributed by atoms with van der Waals surface area (Å²) in [6, 6.07) is 16.3. The lowest BCUT2D eigenvalue weighted by Crippen LogP contribution is -2.37. The van der Waals surface area contributed by atoms with Gasteiger partial charge in [-0.1, -0.05) is 36.4 Å². The average molecular weight is 483 g/mol. The van der Waals surface area contributed by atoms with Gasteiger partial charge in [-0.15, -0.1) is 24.0 Å². The first-order valence-electron chi connectivity index (χ1n) is 8.84. The lowest BCUT2D eigenvalue weighted by Gasteiger charge is -2.18. The van der Waals surface area contributed by atoms with Crippen LogP contribution in [0.3, 0.4) is 0 Å². The molecule has 0 spiro atoms. The highest BCUT2D eigenvalue weighted by atomic mass is 127. The van der Waals surface area contributed by atoms with Crippen molar-refractivity contribution in [2.24, 2.45) is 4.99 Å². The van der Waals surface area contributed by atoms with E-state index in [-0.39, 0.29) is 24.0 Å². The van der Waals surface area contributed by atoms with Crippen LogP contribution in [0.2, 0.25) is 0 Å². The lowest BCUT2D eigenvalue weighted by atomic mass is 10.1. The minimum Gasteiger partial charge on any atom is -0.493 e. The Morgan fingerprint density at radius 2 is 1.67 bits per heavy atom. The maximum Gasteiger partial charge on any atom is 0.193 e. The Kier molecular flexibility index (Phi) is 10.6. The molecule has 2 aromatic rings. The van der Waals surface area contributed by atoms with Crippen LogP contribution in [0.4, 0.5) is 0 Å². The van der Waals surface area contributed by atoms with Crippen LogP contribution in [0, 0.1) is 0 Å². The van der Waals surface area contributed by atoms with E-state index in [0.29, 0.717) is 6.54 Å². The number of hydrogen-bond acceptors (Lipinski definition) is 3. The number of ether oxygens (including phenoxy) is 2. The van der Waals surface area contributed by atoms with Crippen LogP contribution in [0.25, 0.3) is 0 Å². The number of nitrogens with zero attached hydrogens (tertiary/aromatic N) is 2. The van der Waals surface area contributed by atoms with Crippen molar-refractivity contribution in [2.75, 3.05) is 34.9 Å². The van der Waals surface area contributed by atoms with Gasteiger partial charge >= 0.3 is 0 Å². The van der Waals surface area contributed by atoms with E-state index in [2.05, 4.69) is 28.5 Å². The number of guanidine groups is 1. The van der Waals surface area contributed by atoms with E-state index in [0.717, 1.165) is 36.8 Å². The minimum atomic E-state index is 0. The molecule has 0 amide bonds. The second kappa shape index (κ2) is 12.4. The molecule has 0 aliphatic heterocycles. The van der Waals surface area contributed by atoms with Crippen molar-refractivity contribution in [3.8, 4) is 11.5 Å². The maximum atomic E-state index is 5.36. The Morgan fingerprint density at radius 3 is 2.30 bits per heavy atom. The molecule has 148 valence electrons. The molecule has 0 fully saturated rings. The fourth-order valence-electron chi connectivity index (χ4n) is 2.63. The lowest BCUT2D eigenvalue weighted by molar-refractivity contribution is 0.354. The zero-order valence-corrected chi connectivity index (χ0v) is 18.9. The molecule has 0 radical (unpaired) electrons. The summed E-state index contributed by atoms with van der Waals surface area (Å²) in [7, 11) is 7.32. The molecule has 0 heterocycles. The molecule has 0 aliphatic rings. The van der Waals surface area contributed by atoms with Gasteiger partial charge in [-0.05, 0) is 36.1 Å². The van der Waals surface area contributed by atoms with Gasteiger partial charge in [0.15, 0.2) is 17.5 Å². The summed E-state index contributed by atoms with van der Waals surface area (Å²) in [5.41, 5.74) is 2.44. The third-order valence-electron chi connectivity index (χ3n) is 4.05. The molecule has 0 atom stereocenters. The number of aliphatic imine (C=N–C) groups is 1. The monoisotopic (exact) mass is 483 g/mol. The Hall–Kier alpha value is -1.96. The van der Waals surface area contributed by atoms with Crippen molar-refractivity contribution < 1.29 is 9.47 Å². The highest BCUT2D eigenvalue weighted by Gasteiger charge is 2.05. The summed E-state index contributed by atoms with van der Waals surface area (Å²) in [5, 5.41) is 3.43. The average Bonchev–Trinajstić information content (AvgIpc) is 2.67. The Bertz CT molecular complexity index is 706. The van der Waals surface area contributed by atoms with Crippen LogP contribution in [0.15, 0.2) is 53.5 Å². The van der Waals surface area contributed by atoms with Crippen molar-refractivity contribution in [1.29, 1.82) is 0 Å². The third kappa shape index (κ3) is 7.66. The molecule has 5 nitrogen and oxygen atoms in total. The van der Waals surface area contributed by atoms with Crippen LogP contribution < -0.4 is 14.8 Å². The van der Waals surface area contributed by atoms with Crippen molar-refractivity contribution in [1.82, 2.24) is 10.2 Å². The molecule has 0 aliphatic carbocycles. The third-order valence-corrected chi connectivity index (χ3v) is 4.05. The van der Waals surface area contributed by atoms with E-state index in [1.807, 2.05) is 49.3 Å². The van der Waals surface area contributed by atoms with Crippen molar-refractivity contribution in [2.45, 2.75) is 19.4 Å². The summed E-state index contributed by atoms with van der Waals surface area (Å²) in [6.07, 6.45) is 1.97. The Labute approximate surface area is 179 Å². The van der Waals surface area contributed by atoms with Crippen molar-refractivity contribution >= 4 is 29.9 Å². The van der Waals surface area contributed by atoms with E-state index in [1.165, 1.54) is 11.1 Å². The van der Waals surface area contributed by atoms with Gasteiger partial charge in [-0.3, -0.25) is 0 Å². The van der Waals surface area contributed by atoms with E-state index in [1.54, 1.807) is 14.2 Å². The molecule has 2 rings (SSSR count). The van der Waals surface area contributed by atoms with Crippen LogP contribution in [0.5, 0.6) is 11.5 Å². The molecule has 2 aromatic carbocycles. The Morgan fingerprint density at radius 1 is 0.963 bits per heavy atom. The largest absolute Gasteiger partial charge is 0.493 e. The molecule has 0 saturated carbocycles. The molecule has 0 aromatic heterocycles. The van der Waals surface area contributed by atoms with E-state index < -0.39 is 0 Å². The number of benzene rings is 2. The number of aryl methyl sites for hydroxylation is 1. The molecule has 0 unspecified atom stereocenters. The number of nitrogens with one attached hydrogen (secondary N) is 1. The highest BCUT2D eigenvalue weighted by molar-refractivity contribution is 14.0. The van der Waals surface area contributed by atoms with E-state index in [9.17, 15) is 0 Å². The standard InChI is InChI=1S/C21H29N3O2.HI/c1-24(2)21(23-16-18-9-6-5-7-10-18)22-14-8-11-17-12-13-19(25-3)20(15-17)26-4;/h5-7,9-10,12-13,15H,8,11,14,16H2,1-4H3,(H,22,23);1H. The van der Waals surface area contributed by atoms with Crippen LogP contribution in [-0.2, 0) is 13.0 Å². The molecular weight excluding hydrogens is 453 g/mol. The van der Waals surface area contributed by atoms with Gasteiger partial charge in [-0.25, -0.2) is 4.99 Å². The van der Waals surface area contributed by atoms with Gasteiger partial charge in [-0.2, -0.15) is 0 Å². The second-order valence-electron chi connectivity index (χ2n) is 6.24. The topological polar surface area (TPSA) is 46.1 Å². The minimum absolute atomic E-state index is 0. The number of methoxy groups -OCH3 is 2. The predicted molar refractivity (Wildman–Crippen MR) is 123 cm³/mol. The summed E-state index contributed by atoms with van der Waals surface area (Å²) in [6.45, 7) is 1.54. The first-order valence-corrected chi connectivity index (χ1v) is 8.84. The Balaban J connectivity index is 0.00000364. The number of halogens is 1. The van der Waals surface area contributed by atoms with Crippen LogP contribution in [-0.4, -0.2) is 45.7 Å². The summed E-state index contributed by atoms with van der Waals surface area (Å²) >= 11 is 0. The normalized spacial score (nSPS) is 10.7. The molecule has 0 bridgehead atoms. The number of rotatable bonds is 8. The fourth-order valence-corrected chi connectivity index (χ4v) is 2.63. The van der Waals surface area contributed by atoms with Crippen LogP contribution in [0.1, 0.15) is 17.5 Å². The smallest absolute Gasteiger partial charge is 0.193 e. The van der Waals surface area contributed by atoms with Gasteiger partial charge in [0.1, 0.15) is 0 Å². The highest BCUT2D eigenvalue weighted by Crippen LogP contribution is 2.27. The van der Waals surface area contributed by atoms with E-state index >= 15 is 0 Å². The van der Waals surface area contributed by atoms with Crippen LogP contribution >= 0.6 is 24.0 Å². The molecule has 27 heavy (non-hydrogen) atoms. The first-order chi connectivity index (χ1) is 12.6. The molecule has 1 N–H and O–H groups in total. The fraction of sp³-hybridized carbons (Fsp3) is 0.381. The second-order valence-corrected chi connectivity index (χ2v) is 6.24. The SMILES string of the molecule is COc1ccc(CCCNC(=NCc2ccccc2)N(C)C)cc1OC.I. The summed E-state index contributed by atoms with van der Waals surface area (Å²) in [4.78, 5) is 6.70. The van der Waals surface area contributed by atoms with Crippen molar-refractivity contribution in [3.63, 3.8) is 0 Å². The van der Waals surface area contributed by atoms with Crippen molar-refractivity contribution in [3.05, 3.63) is 59.7 Å². The maximum absolute atomic E-state index is 5.36. The quantitative estimate of drug-likeness (QED) is 0.267. The van der Waals surface area contributed by atoms with Gasteiger partial charge in [0.2, 0.25) is 0 Å². The predicted octanol–water partition coefficient (Wildman–Crippen LogP) is 3.96. The van der Waals surface area contributed by atoms with Gasteiger partial charge in [0.25, 0.3) is 0 Å². The van der Waals surface area contributed by atoms with Gasteiger partial charge in [0.05, 0.1) is 20.8 Å².